The summed E-state index contributed by atoms with van der Waals surface area (Å²) in [4.78, 5) is 55.1. The number of nitrogens with one attached hydrogen (secondary N) is 4. The Balaban J connectivity index is 1.77. The fourth-order valence-corrected chi connectivity index (χ4v) is 6.91. The zero-order valence-electron chi connectivity index (χ0n) is 26.1. The molecular weight excluding hydrogens is 580 g/mol. The van der Waals surface area contributed by atoms with Gasteiger partial charge in [-0.1, -0.05) is 19.9 Å². The quantitative estimate of drug-likeness (QED) is 0.136. The van der Waals surface area contributed by atoms with Crippen LogP contribution in [-0.4, -0.2) is 49.2 Å². The Morgan fingerprint density at radius 2 is 1.50 bits per heavy atom. The molecule has 2 aromatic heterocycles. The number of aliphatic carboxylic acids is 2. The van der Waals surface area contributed by atoms with Gasteiger partial charge in [0.1, 0.15) is 0 Å². The number of rotatable bonds is 12. The van der Waals surface area contributed by atoms with Gasteiger partial charge in [0.15, 0.2) is 0 Å². The monoisotopic (exact) mass is 622 g/mol. The van der Waals surface area contributed by atoms with Crippen molar-refractivity contribution in [1.82, 2.24) is 20.6 Å². The number of carbonyl (C=O) groups excluding carboxylic acids is 2. The third kappa shape index (κ3) is 6.72. The van der Waals surface area contributed by atoms with Crippen LogP contribution < -0.4 is 10.6 Å². The molecule has 2 aromatic rings. The van der Waals surface area contributed by atoms with Gasteiger partial charge in [-0.05, 0) is 74.4 Å². The van der Waals surface area contributed by atoms with E-state index in [9.17, 15) is 29.4 Å². The van der Waals surface area contributed by atoms with Gasteiger partial charge in [0.25, 0.3) is 5.91 Å². The largest absolute Gasteiger partial charge is 0.481 e. The maximum atomic E-state index is 12.5. The Kier molecular flexibility index (Phi) is 9.98. The summed E-state index contributed by atoms with van der Waals surface area (Å²) in [5.41, 5.74) is 10.1. The fourth-order valence-electron chi connectivity index (χ4n) is 6.49. The van der Waals surface area contributed by atoms with Crippen LogP contribution in [-0.2, 0) is 44.9 Å². The first-order valence-corrected chi connectivity index (χ1v) is 15.5. The van der Waals surface area contributed by atoms with Crippen LogP contribution in [0.2, 0.25) is 0 Å². The van der Waals surface area contributed by atoms with Gasteiger partial charge in [-0.15, -0.1) is 0 Å². The van der Waals surface area contributed by atoms with Gasteiger partial charge in [-0.25, -0.2) is 0 Å². The van der Waals surface area contributed by atoms with Crippen LogP contribution in [0, 0.1) is 25.7 Å². The maximum Gasteiger partial charge on any atom is 0.303 e. The molecule has 4 heterocycles. The fraction of sp³-hybridized carbons (Fsp3) is 0.455. The topological polar surface area (TPSA) is 164 Å². The molecule has 6 N–H and O–H groups in total. The molecule has 0 saturated carbocycles. The summed E-state index contributed by atoms with van der Waals surface area (Å²) in [5, 5.41) is 24.8. The Labute approximate surface area is 262 Å². The normalized spacial score (nSPS) is 21.0. The second-order valence-electron chi connectivity index (χ2n) is 11.9. The van der Waals surface area contributed by atoms with E-state index in [1.54, 1.807) is 6.08 Å². The van der Waals surface area contributed by atoms with Crippen molar-refractivity contribution in [3.63, 3.8) is 0 Å². The van der Waals surface area contributed by atoms with Gasteiger partial charge in [0.2, 0.25) is 5.91 Å². The number of thiol groups is 1. The van der Waals surface area contributed by atoms with E-state index in [2.05, 4.69) is 33.2 Å². The Morgan fingerprint density at radius 3 is 2.05 bits per heavy atom. The summed E-state index contributed by atoms with van der Waals surface area (Å²) < 4.78 is 0. The number of amides is 2. The van der Waals surface area contributed by atoms with Crippen LogP contribution in [0.1, 0.15) is 85.6 Å². The van der Waals surface area contributed by atoms with E-state index in [0.29, 0.717) is 31.3 Å². The lowest BCUT2D eigenvalue weighted by atomic mass is 9.91. The van der Waals surface area contributed by atoms with E-state index in [4.69, 9.17) is 0 Å². The van der Waals surface area contributed by atoms with Gasteiger partial charge in [-0.2, -0.15) is 12.6 Å². The molecule has 236 valence electrons. The number of carbonyl (C=O) groups is 4. The number of H-pyrrole nitrogens is 2. The number of carboxylic acids is 2. The number of carboxylic acid groups (broad SMARTS) is 2. The molecule has 3 atom stereocenters. The molecule has 0 bridgehead atoms. The first-order valence-electron chi connectivity index (χ1n) is 14.9. The molecule has 0 spiro atoms. The molecule has 1 saturated heterocycles. The molecule has 2 aliphatic heterocycles. The predicted octanol–water partition coefficient (Wildman–Crippen LogP) is 4.52. The van der Waals surface area contributed by atoms with Gasteiger partial charge < -0.3 is 30.8 Å². The highest BCUT2D eigenvalue weighted by molar-refractivity contribution is 7.80. The first-order chi connectivity index (χ1) is 20.7. The van der Waals surface area contributed by atoms with Crippen molar-refractivity contribution >= 4 is 42.5 Å². The minimum atomic E-state index is -0.903. The van der Waals surface area contributed by atoms with Crippen LogP contribution in [0.15, 0.2) is 28.6 Å². The Bertz CT molecular complexity index is 1610. The summed E-state index contributed by atoms with van der Waals surface area (Å²) in [6.07, 6.45) is 5.11. The maximum absolute atomic E-state index is 12.5. The second kappa shape index (κ2) is 13.3. The molecule has 0 radical (unpaired) electrons. The van der Waals surface area contributed by atoms with E-state index in [-0.39, 0.29) is 41.7 Å². The third-order valence-electron chi connectivity index (χ3n) is 9.02. The van der Waals surface area contributed by atoms with Crippen molar-refractivity contribution in [3.05, 3.63) is 73.6 Å². The van der Waals surface area contributed by atoms with E-state index in [1.165, 1.54) is 0 Å². The number of aromatic amines is 2. The van der Waals surface area contributed by atoms with Crippen molar-refractivity contribution in [1.29, 1.82) is 0 Å². The number of aromatic nitrogens is 2. The van der Waals surface area contributed by atoms with E-state index in [1.807, 2.05) is 47.6 Å². The van der Waals surface area contributed by atoms with E-state index in [0.717, 1.165) is 62.0 Å². The average molecular weight is 623 g/mol. The van der Waals surface area contributed by atoms with Crippen LogP contribution in [0.4, 0.5) is 0 Å². The summed E-state index contributed by atoms with van der Waals surface area (Å²) in [6.45, 7) is 11.5. The van der Waals surface area contributed by atoms with Gasteiger partial charge in [-0.3, -0.25) is 19.2 Å². The molecular formula is C33H42N4O6S. The van der Waals surface area contributed by atoms with Gasteiger partial charge >= 0.3 is 11.9 Å². The summed E-state index contributed by atoms with van der Waals surface area (Å²) in [5.74, 6) is -2.30. The van der Waals surface area contributed by atoms with Crippen LogP contribution in [0.25, 0.3) is 6.08 Å². The standard InChI is InChI=1S/C33H42N4O6S/c1-7-20-15(2)25(36-33(20)43)12-23-16(3)21(8-10-29(38)39)26(34-23)14-27-22(9-11-30(40)41)17(4)24(35-27)13-28-31(19(6)44)18(5)32(42)37-28/h7,13,18-19,31,34-35,44H,8-12,14H2,1-6H3,(H,36,43)(H,37,42)(H,38,39)(H,40,41)/b20-7+,28-13-/t18-,19-,31+/m1/s1. The number of hydrogen-bond donors (Lipinski definition) is 7. The molecule has 44 heavy (non-hydrogen) atoms. The van der Waals surface area contributed by atoms with Crippen LogP contribution >= 0.6 is 12.6 Å². The minimum Gasteiger partial charge on any atom is -0.481 e. The molecule has 0 aromatic carbocycles. The highest BCUT2D eigenvalue weighted by Crippen LogP contribution is 2.35. The average Bonchev–Trinajstić information content (AvgIpc) is 3.59. The van der Waals surface area contributed by atoms with Crippen molar-refractivity contribution in [2.45, 2.75) is 85.3 Å². The van der Waals surface area contributed by atoms with Gasteiger partial charge in [0, 0.05) is 82.5 Å². The molecule has 0 aliphatic carbocycles. The van der Waals surface area contributed by atoms with Crippen molar-refractivity contribution < 1.29 is 29.4 Å². The zero-order valence-corrected chi connectivity index (χ0v) is 27.0. The smallest absolute Gasteiger partial charge is 0.303 e. The van der Waals surface area contributed by atoms with Crippen molar-refractivity contribution in [3.8, 4) is 0 Å². The van der Waals surface area contributed by atoms with Crippen molar-refractivity contribution in [2.24, 2.45) is 11.8 Å². The first kappa shape index (κ1) is 32.9. The number of hydrogen-bond acceptors (Lipinski definition) is 5. The van der Waals surface area contributed by atoms with Crippen molar-refractivity contribution in [2.75, 3.05) is 0 Å². The second-order valence-corrected chi connectivity index (χ2v) is 12.7. The van der Waals surface area contributed by atoms with E-state index >= 15 is 0 Å². The highest BCUT2D eigenvalue weighted by Gasteiger charge is 2.37. The highest BCUT2D eigenvalue weighted by atomic mass is 32.1. The van der Waals surface area contributed by atoms with Gasteiger partial charge in [0.05, 0.1) is 0 Å². The molecule has 2 aliphatic rings. The summed E-state index contributed by atoms with van der Waals surface area (Å²) in [6, 6.07) is 0. The third-order valence-corrected chi connectivity index (χ3v) is 9.34. The molecule has 11 heteroatoms. The number of allylic oxidation sites excluding steroid dienone is 3. The SMILES string of the molecule is C/C=C1/C(=O)NC(Cc2[nH]c(Cc3[nH]c(/C=C4\NC(=O)[C@H](C)[C@H]4[C@@H](C)S)c(C)c3CCC(=O)O)c(CCC(=O)O)c2C)=C1C. The molecule has 0 unspecified atom stereocenters. The molecule has 1 fully saturated rings. The predicted molar refractivity (Wildman–Crippen MR) is 171 cm³/mol. The lowest BCUT2D eigenvalue weighted by molar-refractivity contribution is -0.138. The zero-order chi connectivity index (χ0) is 32.5. The lowest BCUT2D eigenvalue weighted by Crippen LogP contribution is -2.19. The Morgan fingerprint density at radius 1 is 0.909 bits per heavy atom. The summed E-state index contributed by atoms with van der Waals surface area (Å²) >= 11 is 4.63. The Hall–Kier alpha value is -3.99. The molecule has 10 nitrogen and oxygen atoms in total. The lowest BCUT2D eigenvalue weighted by Gasteiger charge is -2.17. The van der Waals surface area contributed by atoms with E-state index < -0.39 is 11.9 Å². The summed E-state index contributed by atoms with van der Waals surface area (Å²) in [7, 11) is 0. The van der Waals surface area contributed by atoms with Crippen LogP contribution in [0.3, 0.4) is 0 Å². The molecule has 2 amide bonds. The minimum absolute atomic E-state index is 0.0412. The molecule has 4 rings (SSSR count). The van der Waals surface area contributed by atoms with Crippen LogP contribution in [0.5, 0.6) is 0 Å².